The smallest absolute Gasteiger partial charge is 0.411 e. The van der Waals surface area contributed by atoms with E-state index in [0.717, 1.165) is 36.5 Å². The molecule has 0 bridgehead atoms. The summed E-state index contributed by atoms with van der Waals surface area (Å²) in [6, 6.07) is 11.3. The third-order valence-electron chi connectivity index (χ3n) is 6.38. The van der Waals surface area contributed by atoms with Crippen LogP contribution in [0.25, 0.3) is 0 Å². The Morgan fingerprint density at radius 2 is 2.00 bits per heavy atom. The number of amides is 2. The lowest BCUT2D eigenvalue weighted by Crippen LogP contribution is -2.53. The molecular formula is C26H34N4O6. The molecule has 0 saturated carbocycles. The molecule has 10 heteroatoms. The molecule has 0 radical (unpaired) electrons. The summed E-state index contributed by atoms with van der Waals surface area (Å²) in [7, 11) is 1.65. The number of carbonyl (C=O) groups excluding carboxylic acids is 2. The molecule has 0 aliphatic carbocycles. The number of hydrogen-bond acceptors (Lipinski definition) is 8. The van der Waals surface area contributed by atoms with Gasteiger partial charge in [-0.25, -0.2) is 4.79 Å². The lowest BCUT2D eigenvalue weighted by molar-refractivity contribution is -0.116. The van der Waals surface area contributed by atoms with Gasteiger partial charge in [0, 0.05) is 31.6 Å². The van der Waals surface area contributed by atoms with E-state index >= 15 is 0 Å². The van der Waals surface area contributed by atoms with E-state index in [9.17, 15) is 14.7 Å². The molecule has 1 saturated heterocycles. The Morgan fingerprint density at radius 1 is 1.17 bits per heavy atom. The van der Waals surface area contributed by atoms with Gasteiger partial charge in [-0.05, 0) is 44.0 Å². The predicted molar refractivity (Wildman–Crippen MR) is 137 cm³/mol. The van der Waals surface area contributed by atoms with Crippen LogP contribution in [-0.2, 0) is 16.0 Å². The first-order valence-corrected chi connectivity index (χ1v) is 12.3. The number of piperazine rings is 1. The van der Waals surface area contributed by atoms with Crippen molar-refractivity contribution in [2.75, 3.05) is 62.0 Å². The number of aliphatic hydroxyl groups excluding tert-OH is 1. The molecule has 36 heavy (non-hydrogen) atoms. The van der Waals surface area contributed by atoms with Crippen molar-refractivity contribution in [1.29, 1.82) is 0 Å². The molecule has 3 N–H and O–H groups in total. The Kier molecular flexibility index (Phi) is 8.50. The molecule has 2 heterocycles. The van der Waals surface area contributed by atoms with Gasteiger partial charge < -0.3 is 29.5 Å². The highest BCUT2D eigenvalue weighted by Crippen LogP contribution is 2.37. The molecule has 1 fully saturated rings. The van der Waals surface area contributed by atoms with Gasteiger partial charge in [0.15, 0.2) is 0 Å². The van der Waals surface area contributed by atoms with Crippen molar-refractivity contribution < 1.29 is 28.9 Å². The molecule has 1 unspecified atom stereocenters. The monoisotopic (exact) mass is 498 g/mol. The van der Waals surface area contributed by atoms with Gasteiger partial charge in [0.2, 0.25) is 5.91 Å². The van der Waals surface area contributed by atoms with Gasteiger partial charge in [-0.15, -0.1) is 0 Å². The van der Waals surface area contributed by atoms with Crippen molar-refractivity contribution in [3.63, 3.8) is 0 Å². The molecule has 10 nitrogen and oxygen atoms in total. The number of aliphatic hydroxyl groups is 1. The van der Waals surface area contributed by atoms with E-state index in [1.165, 1.54) is 0 Å². The maximum Gasteiger partial charge on any atom is 0.411 e. The predicted octanol–water partition coefficient (Wildman–Crippen LogP) is 3.06. The molecule has 2 amide bonds. The van der Waals surface area contributed by atoms with E-state index in [-0.39, 0.29) is 12.5 Å². The summed E-state index contributed by atoms with van der Waals surface area (Å²) in [4.78, 5) is 28.0. The Hall–Kier alpha value is -3.50. The third-order valence-corrected chi connectivity index (χ3v) is 6.38. The quantitative estimate of drug-likeness (QED) is 0.452. The van der Waals surface area contributed by atoms with Crippen LogP contribution in [0.5, 0.6) is 11.5 Å². The van der Waals surface area contributed by atoms with Crippen molar-refractivity contribution >= 4 is 29.1 Å². The fourth-order valence-corrected chi connectivity index (χ4v) is 4.60. The first-order valence-electron chi connectivity index (χ1n) is 12.3. The van der Waals surface area contributed by atoms with E-state index in [1.807, 2.05) is 24.3 Å². The van der Waals surface area contributed by atoms with Crippen LogP contribution in [0.15, 0.2) is 36.4 Å². The summed E-state index contributed by atoms with van der Waals surface area (Å²) >= 11 is 0. The number of nitrogens with zero attached hydrogens (tertiary/aromatic N) is 2. The van der Waals surface area contributed by atoms with E-state index < -0.39 is 12.3 Å². The topological polar surface area (TPSA) is 113 Å². The minimum absolute atomic E-state index is 0.104. The zero-order chi connectivity index (χ0) is 25.5. The van der Waals surface area contributed by atoms with Crippen LogP contribution in [0.4, 0.5) is 21.9 Å². The van der Waals surface area contributed by atoms with E-state index in [0.29, 0.717) is 49.7 Å². The highest BCUT2D eigenvalue weighted by molar-refractivity contribution is 6.01. The number of fused-ring (bicyclic) bond motifs is 1. The molecule has 1 atom stereocenters. The standard InChI is InChI=1S/C26H34N4O6/c1-3-35-26(33)27-19-10-11-21(18-9-12-23(31)28-25(18)19)36-16-6-13-29-14-15-30(17-24(29)32)20-7-4-5-8-22(20)34-2/h4-5,7-8,10-11,24,32H,3,6,9,12-17H2,1-2H3,(H,27,33)(H,28,31). The molecule has 2 aromatic rings. The number of methoxy groups -OCH3 is 1. The van der Waals surface area contributed by atoms with Crippen LogP contribution in [0.1, 0.15) is 25.3 Å². The SMILES string of the molecule is CCOC(=O)Nc1ccc(OCCCN2CCN(c3ccccc3OC)CC2O)c2c1NC(=O)CC2. The minimum Gasteiger partial charge on any atom is -0.495 e. The average molecular weight is 499 g/mol. The molecule has 4 rings (SSSR count). The van der Waals surface area contributed by atoms with Crippen LogP contribution >= 0.6 is 0 Å². The number of carbonyl (C=O) groups is 2. The van der Waals surface area contributed by atoms with Gasteiger partial charge in [-0.1, -0.05) is 12.1 Å². The number of β-amino-alcohol motifs (C(OH)–C–C–N with tert-alkyl or cyclic N) is 1. The maximum atomic E-state index is 12.0. The Balaban J connectivity index is 1.31. The second-order valence-corrected chi connectivity index (χ2v) is 8.69. The van der Waals surface area contributed by atoms with Gasteiger partial charge in [0.05, 0.1) is 43.9 Å². The van der Waals surface area contributed by atoms with Gasteiger partial charge in [0.1, 0.15) is 17.7 Å². The highest BCUT2D eigenvalue weighted by atomic mass is 16.5. The maximum absolute atomic E-state index is 12.0. The summed E-state index contributed by atoms with van der Waals surface area (Å²) < 4.78 is 16.5. The fourth-order valence-electron chi connectivity index (χ4n) is 4.60. The van der Waals surface area contributed by atoms with Crippen molar-refractivity contribution in [3.05, 3.63) is 42.0 Å². The van der Waals surface area contributed by atoms with Gasteiger partial charge in [-0.2, -0.15) is 0 Å². The average Bonchev–Trinajstić information content (AvgIpc) is 2.88. The lowest BCUT2D eigenvalue weighted by Gasteiger charge is -2.40. The van der Waals surface area contributed by atoms with Crippen molar-refractivity contribution in [3.8, 4) is 11.5 Å². The normalized spacial score (nSPS) is 17.7. The number of nitrogens with one attached hydrogen (secondary N) is 2. The molecule has 2 aromatic carbocycles. The second-order valence-electron chi connectivity index (χ2n) is 8.69. The van der Waals surface area contributed by atoms with E-state index in [4.69, 9.17) is 14.2 Å². The zero-order valence-electron chi connectivity index (χ0n) is 20.8. The van der Waals surface area contributed by atoms with Crippen molar-refractivity contribution in [2.24, 2.45) is 0 Å². The summed E-state index contributed by atoms with van der Waals surface area (Å²) in [5.74, 6) is 1.38. The van der Waals surface area contributed by atoms with Crippen molar-refractivity contribution in [2.45, 2.75) is 32.4 Å². The zero-order valence-corrected chi connectivity index (χ0v) is 20.8. The number of para-hydroxylation sites is 2. The van der Waals surface area contributed by atoms with Gasteiger partial charge in [-0.3, -0.25) is 15.0 Å². The highest BCUT2D eigenvalue weighted by Gasteiger charge is 2.27. The number of rotatable bonds is 9. The fraction of sp³-hybridized carbons (Fsp3) is 0.462. The van der Waals surface area contributed by atoms with Gasteiger partial charge in [0.25, 0.3) is 0 Å². The largest absolute Gasteiger partial charge is 0.495 e. The van der Waals surface area contributed by atoms with E-state index in [2.05, 4.69) is 20.4 Å². The molecule has 0 aromatic heterocycles. The molecular weight excluding hydrogens is 464 g/mol. The Labute approximate surface area is 211 Å². The second kappa shape index (κ2) is 12.0. The number of hydrogen-bond donors (Lipinski definition) is 3. The lowest BCUT2D eigenvalue weighted by atomic mass is 10.0. The summed E-state index contributed by atoms with van der Waals surface area (Å²) in [5, 5.41) is 16.2. The Bertz CT molecular complexity index is 1080. The number of benzene rings is 2. The molecule has 0 spiro atoms. The van der Waals surface area contributed by atoms with Crippen LogP contribution in [-0.4, -0.2) is 74.7 Å². The van der Waals surface area contributed by atoms with Crippen LogP contribution in [0.3, 0.4) is 0 Å². The first kappa shape index (κ1) is 25.6. The number of ether oxygens (including phenoxy) is 3. The third kappa shape index (κ3) is 6.00. The van der Waals surface area contributed by atoms with E-state index in [1.54, 1.807) is 26.2 Å². The van der Waals surface area contributed by atoms with Crippen LogP contribution < -0.4 is 25.0 Å². The molecule has 194 valence electrons. The van der Waals surface area contributed by atoms with Gasteiger partial charge >= 0.3 is 6.09 Å². The Morgan fingerprint density at radius 3 is 2.78 bits per heavy atom. The first-order chi connectivity index (χ1) is 17.5. The number of anilines is 3. The minimum atomic E-state index is -0.583. The summed E-state index contributed by atoms with van der Waals surface area (Å²) in [6.45, 7) is 5.17. The molecule has 2 aliphatic rings. The van der Waals surface area contributed by atoms with Crippen molar-refractivity contribution in [1.82, 2.24) is 4.90 Å². The summed E-state index contributed by atoms with van der Waals surface area (Å²) in [5.41, 5.74) is 2.88. The molecule has 2 aliphatic heterocycles. The summed E-state index contributed by atoms with van der Waals surface area (Å²) in [6.07, 6.45) is 0.459. The van der Waals surface area contributed by atoms with Crippen LogP contribution in [0.2, 0.25) is 0 Å². The van der Waals surface area contributed by atoms with Crippen LogP contribution in [0, 0.1) is 0 Å².